The molecule has 1 amide bonds. The van der Waals surface area contributed by atoms with Gasteiger partial charge in [-0.15, -0.1) is 0 Å². The molecule has 120 valence electrons. The number of hydrogen-bond acceptors (Lipinski definition) is 3. The first-order valence-corrected chi connectivity index (χ1v) is 7.98. The van der Waals surface area contributed by atoms with Crippen LogP contribution in [0.15, 0.2) is 4.99 Å². The highest BCUT2D eigenvalue weighted by Gasteiger charge is 2.19. The number of amides is 1. The summed E-state index contributed by atoms with van der Waals surface area (Å²) in [5.74, 6) is 1.33. The van der Waals surface area contributed by atoms with Crippen molar-refractivity contribution in [3.8, 4) is 0 Å². The number of hydrogen-bond donors (Lipinski definition) is 2. The number of carbonyl (C=O) groups is 1. The fourth-order valence-corrected chi connectivity index (χ4v) is 2.69. The normalized spacial score (nSPS) is 23.3. The molecule has 21 heavy (non-hydrogen) atoms. The van der Waals surface area contributed by atoms with E-state index in [4.69, 9.17) is 4.74 Å². The van der Waals surface area contributed by atoms with E-state index in [1.807, 2.05) is 0 Å². The maximum Gasteiger partial charge on any atom is 0.243 e. The molecule has 2 aliphatic rings. The standard InChI is InChI=1S/C15H28N4O2/c1-19(2)14(20)10-17-15(18-13-5-3-4-6-13)16-9-12-7-8-21-11-12/h12-13H,3-11H2,1-2H3,(H2,16,17,18). The average Bonchev–Trinajstić information content (AvgIpc) is 3.14. The van der Waals surface area contributed by atoms with E-state index in [0.29, 0.717) is 12.0 Å². The molecular weight excluding hydrogens is 268 g/mol. The van der Waals surface area contributed by atoms with Crippen molar-refractivity contribution in [3.05, 3.63) is 0 Å². The fraction of sp³-hybridized carbons (Fsp3) is 0.867. The zero-order valence-corrected chi connectivity index (χ0v) is 13.2. The Balaban J connectivity index is 1.84. The Hall–Kier alpha value is -1.30. The van der Waals surface area contributed by atoms with Crippen LogP contribution in [0.2, 0.25) is 0 Å². The maximum atomic E-state index is 11.7. The molecule has 0 aromatic rings. The summed E-state index contributed by atoms with van der Waals surface area (Å²) in [5.41, 5.74) is 0. The minimum Gasteiger partial charge on any atom is -0.381 e. The van der Waals surface area contributed by atoms with Gasteiger partial charge in [0.2, 0.25) is 5.91 Å². The van der Waals surface area contributed by atoms with Crippen molar-refractivity contribution in [1.29, 1.82) is 0 Å². The molecule has 1 heterocycles. The third kappa shape index (κ3) is 5.53. The molecule has 1 unspecified atom stereocenters. The number of aliphatic imine (C=N–C) groups is 1. The Morgan fingerprint density at radius 1 is 1.29 bits per heavy atom. The first-order valence-electron chi connectivity index (χ1n) is 7.98. The molecule has 0 radical (unpaired) electrons. The molecule has 6 heteroatoms. The van der Waals surface area contributed by atoms with Gasteiger partial charge in [-0.25, -0.2) is 4.99 Å². The highest BCUT2D eigenvalue weighted by atomic mass is 16.5. The molecule has 0 aromatic heterocycles. The van der Waals surface area contributed by atoms with Crippen LogP contribution in [0.25, 0.3) is 0 Å². The molecule has 0 bridgehead atoms. The monoisotopic (exact) mass is 296 g/mol. The molecule has 6 nitrogen and oxygen atoms in total. The fourth-order valence-electron chi connectivity index (χ4n) is 2.69. The van der Waals surface area contributed by atoms with Crippen LogP contribution in [0.4, 0.5) is 0 Å². The molecule has 2 rings (SSSR count). The molecular formula is C15H28N4O2. The molecule has 0 aromatic carbocycles. The van der Waals surface area contributed by atoms with E-state index in [1.165, 1.54) is 25.7 Å². The molecule has 2 N–H and O–H groups in total. The Morgan fingerprint density at radius 2 is 2.05 bits per heavy atom. The zero-order valence-electron chi connectivity index (χ0n) is 13.2. The largest absolute Gasteiger partial charge is 0.381 e. The van der Waals surface area contributed by atoms with Crippen molar-refractivity contribution >= 4 is 11.9 Å². The van der Waals surface area contributed by atoms with Crippen molar-refractivity contribution in [3.63, 3.8) is 0 Å². The van der Waals surface area contributed by atoms with Crippen molar-refractivity contribution in [2.24, 2.45) is 10.9 Å². The number of likely N-dealkylation sites (N-methyl/N-ethyl adjacent to an activating group) is 1. The second-order valence-corrected chi connectivity index (χ2v) is 6.19. The van der Waals surface area contributed by atoms with E-state index in [2.05, 4.69) is 15.6 Å². The zero-order chi connectivity index (χ0) is 15.1. The number of ether oxygens (including phenoxy) is 1. The van der Waals surface area contributed by atoms with Crippen LogP contribution in [0.1, 0.15) is 32.1 Å². The van der Waals surface area contributed by atoms with Gasteiger partial charge in [-0.2, -0.15) is 0 Å². The smallest absolute Gasteiger partial charge is 0.243 e. The summed E-state index contributed by atoms with van der Waals surface area (Å²) in [5, 5.41) is 6.83. The molecule has 1 aliphatic heterocycles. The van der Waals surface area contributed by atoms with Crippen molar-refractivity contribution in [2.75, 3.05) is 40.4 Å². The molecule has 1 aliphatic carbocycles. The van der Waals surface area contributed by atoms with Crippen LogP contribution in [0, 0.1) is 5.92 Å². The van der Waals surface area contributed by atoms with E-state index in [1.54, 1.807) is 19.0 Å². The van der Waals surface area contributed by atoms with E-state index >= 15 is 0 Å². The number of nitrogens with one attached hydrogen (secondary N) is 2. The van der Waals surface area contributed by atoms with Crippen LogP contribution in [0.3, 0.4) is 0 Å². The van der Waals surface area contributed by atoms with Crippen LogP contribution in [-0.2, 0) is 9.53 Å². The van der Waals surface area contributed by atoms with Crippen LogP contribution < -0.4 is 10.6 Å². The number of carbonyl (C=O) groups excluding carboxylic acids is 1. The number of guanidine groups is 1. The number of rotatable bonds is 5. The van der Waals surface area contributed by atoms with Crippen molar-refractivity contribution < 1.29 is 9.53 Å². The Morgan fingerprint density at radius 3 is 2.67 bits per heavy atom. The summed E-state index contributed by atoms with van der Waals surface area (Å²) < 4.78 is 5.39. The van der Waals surface area contributed by atoms with Crippen molar-refractivity contribution in [2.45, 2.75) is 38.1 Å². The lowest BCUT2D eigenvalue weighted by atomic mass is 10.1. The molecule has 2 fully saturated rings. The molecule has 0 spiro atoms. The summed E-state index contributed by atoms with van der Waals surface area (Å²) in [6.45, 7) is 2.72. The van der Waals surface area contributed by atoms with Gasteiger partial charge in [-0.05, 0) is 19.3 Å². The molecule has 1 saturated heterocycles. The first-order chi connectivity index (χ1) is 10.1. The van der Waals surface area contributed by atoms with E-state index in [0.717, 1.165) is 32.1 Å². The van der Waals surface area contributed by atoms with Gasteiger partial charge in [0, 0.05) is 39.2 Å². The predicted molar refractivity (Wildman–Crippen MR) is 83.3 cm³/mol. The van der Waals surface area contributed by atoms with E-state index in [9.17, 15) is 4.79 Å². The lowest BCUT2D eigenvalue weighted by Gasteiger charge is -2.19. The second-order valence-electron chi connectivity index (χ2n) is 6.19. The van der Waals surface area contributed by atoms with Gasteiger partial charge in [-0.1, -0.05) is 12.8 Å². The third-order valence-electron chi connectivity index (χ3n) is 4.15. The van der Waals surface area contributed by atoms with E-state index < -0.39 is 0 Å². The predicted octanol–water partition coefficient (Wildman–Crippen LogP) is 0.589. The number of nitrogens with zero attached hydrogens (tertiary/aromatic N) is 2. The van der Waals surface area contributed by atoms with Gasteiger partial charge in [0.25, 0.3) is 0 Å². The van der Waals surface area contributed by atoms with Gasteiger partial charge in [-0.3, -0.25) is 4.79 Å². The van der Waals surface area contributed by atoms with Gasteiger partial charge in [0.05, 0.1) is 6.61 Å². The Labute approximate surface area is 127 Å². The summed E-state index contributed by atoms with van der Waals surface area (Å²) in [7, 11) is 3.51. The summed E-state index contributed by atoms with van der Waals surface area (Å²) >= 11 is 0. The third-order valence-corrected chi connectivity index (χ3v) is 4.15. The van der Waals surface area contributed by atoms with Crippen LogP contribution >= 0.6 is 0 Å². The lowest BCUT2D eigenvalue weighted by molar-refractivity contribution is -0.127. The molecule has 1 saturated carbocycles. The van der Waals surface area contributed by atoms with Crippen LogP contribution in [0.5, 0.6) is 0 Å². The Bertz CT molecular complexity index is 359. The average molecular weight is 296 g/mol. The highest BCUT2D eigenvalue weighted by molar-refractivity contribution is 5.84. The minimum absolute atomic E-state index is 0.0201. The van der Waals surface area contributed by atoms with Gasteiger partial charge >= 0.3 is 0 Å². The summed E-state index contributed by atoms with van der Waals surface area (Å²) in [6, 6.07) is 0.491. The first kappa shape index (κ1) is 16.1. The summed E-state index contributed by atoms with van der Waals surface area (Å²) in [4.78, 5) is 17.7. The van der Waals surface area contributed by atoms with Gasteiger partial charge in [0.1, 0.15) is 6.54 Å². The van der Waals surface area contributed by atoms with E-state index in [-0.39, 0.29) is 12.5 Å². The highest BCUT2D eigenvalue weighted by Crippen LogP contribution is 2.17. The maximum absolute atomic E-state index is 11.7. The molecule has 1 atom stereocenters. The lowest BCUT2D eigenvalue weighted by Crippen LogP contribution is -2.44. The SMILES string of the molecule is CN(C)C(=O)CN=C(NCC1CCOC1)NC1CCCC1. The quantitative estimate of drug-likeness (QED) is 0.576. The second kappa shape index (κ2) is 8.22. The Kier molecular flexibility index (Phi) is 6.29. The van der Waals surface area contributed by atoms with Gasteiger partial charge < -0.3 is 20.3 Å². The minimum atomic E-state index is 0.0201. The summed E-state index contributed by atoms with van der Waals surface area (Å²) in [6.07, 6.45) is 6.03. The topological polar surface area (TPSA) is 66.0 Å². The van der Waals surface area contributed by atoms with Crippen LogP contribution in [-0.4, -0.2) is 63.2 Å². The van der Waals surface area contributed by atoms with Gasteiger partial charge in [0.15, 0.2) is 5.96 Å². The van der Waals surface area contributed by atoms with Crippen molar-refractivity contribution in [1.82, 2.24) is 15.5 Å².